The zero-order chi connectivity index (χ0) is 10.3. The standard InChI is InChI=1S/C9H9ClN2O2/c1-12-8(13)4-14-7-3-5(11)2-6(10)9(7)12/h2-3H,4,11H2,1H3. The van der Waals surface area contributed by atoms with E-state index in [0.29, 0.717) is 22.1 Å². The first-order valence-electron chi connectivity index (χ1n) is 4.08. The molecule has 0 bridgehead atoms. The SMILES string of the molecule is CN1C(=O)COc2cc(N)cc(Cl)c21. The summed E-state index contributed by atoms with van der Waals surface area (Å²) in [5, 5.41) is 0.426. The number of fused-ring (bicyclic) bond motifs is 1. The molecule has 1 aliphatic heterocycles. The van der Waals surface area contributed by atoms with E-state index < -0.39 is 0 Å². The van der Waals surface area contributed by atoms with Crippen molar-refractivity contribution in [3.8, 4) is 5.75 Å². The normalized spacial score (nSPS) is 15.0. The van der Waals surface area contributed by atoms with E-state index in [9.17, 15) is 4.79 Å². The average molecular weight is 213 g/mol. The minimum Gasteiger partial charge on any atom is -0.481 e. The predicted molar refractivity (Wildman–Crippen MR) is 54.8 cm³/mol. The van der Waals surface area contributed by atoms with Crippen molar-refractivity contribution in [2.24, 2.45) is 0 Å². The fourth-order valence-corrected chi connectivity index (χ4v) is 1.74. The highest BCUT2D eigenvalue weighted by atomic mass is 35.5. The number of nitrogens with zero attached hydrogens (tertiary/aromatic N) is 1. The zero-order valence-corrected chi connectivity index (χ0v) is 8.34. The largest absolute Gasteiger partial charge is 0.481 e. The molecule has 0 atom stereocenters. The average Bonchev–Trinajstić information content (AvgIpc) is 2.10. The first-order valence-corrected chi connectivity index (χ1v) is 4.46. The Morgan fingerprint density at radius 2 is 2.29 bits per heavy atom. The third-order valence-electron chi connectivity index (χ3n) is 2.11. The summed E-state index contributed by atoms with van der Waals surface area (Å²) in [4.78, 5) is 12.8. The molecule has 74 valence electrons. The third-order valence-corrected chi connectivity index (χ3v) is 2.40. The van der Waals surface area contributed by atoms with Gasteiger partial charge in [0, 0.05) is 18.8 Å². The van der Waals surface area contributed by atoms with Gasteiger partial charge in [0.2, 0.25) is 0 Å². The molecule has 0 unspecified atom stereocenters. The van der Waals surface area contributed by atoms with Crippen molar-refractivity contribution in [3.05, 3.63) is 17.2 Å². The Morgan fingerprint density at radius 1 is 1.57 bits per heavy atom. The minimum atomic E-state index is -0.121. The molecule has 1 aromatic carbocycles. The van der Waals surface area contributed by atoms with E-state index in [0.717, 1.165) is 0 Å². The van der Waals surface area contributed by atoms with Gasteiger partial charge in [-0.2, -0.15) is 0 Å². The number of likely N-dealkylation sites (N-methyl/N-ethyl adjacent to an activating group) is 1. The molecule has 5 heteroatoms. The van der Waals surface area contributed by atoms with Crippen LogP contribution in [0.2, 0.25) is 5.02 Å². The van der Waals surface area contributed by atoms with Crippen molar-refractivity contribution in [2.45, 2.75) is 0 Å². The predicted octanol–water partition coefficient (Wildman–Crippen LogP) is 1.28. The van der Waals surface area contributed by atoms with Crippen molar-refractivity contribution in [3.63, 3.8) is 0 Å². The molecule has 0 saturated heterocycles. The number of carbonyl (C=O) groups is 1. The van der Waals surface area contributed by atoms with Crippen LogP contribution in [0.4, 0.5) is 11.4 Å². The molecule has 1 aromatic rings. The molecular formula is C9H9ClN2O2. The highest BCUT2D eigenvalue weighted by Crippen LogP contribution is 2.39. The van der Waals surface area contributed by atoms with Crippen LogP contribution in [0.3, 0.4) is 0 Å². The second-order valence-corrected chi connectivity index (χ2v) is 3.50. The monoisotopic (exact) mass is 212 g/mol. The number of carbonyl (C=O) groups excluding carboxylic acids is 1. The van der Waals surface area contributed by atoms with Crippen LogP contribution in [0.5, 0.6) is 5.75 Å². The summed E-state index contributed by atoms with van der Waals surface area (Å²) in [5.41, 5.74) is 6.70. The van der Waals surface area contributed by atoms with E-state index in [2.05, 4.69) is 0 Å². The minimum absolute atomic E-state index is 0.0310. The van der Waals surface area contributed by atoms with E-state index in [1.807, 2.05) is 0 Å². The first kappa shape index (κ1) is 9.15. The third kappa shape index (κ3) is 1.28. The lowest BCUT2D eigenvalue weighted by Gasteiger charge is -2.26. The summed E-state index contributed by atoms with van der Waals surface area (Å²) in [7, 11) is 1.66. The van der Waals surface area contributed by atoms with E-state index in [4.69, 9.17) is 22.1 Å². The Labute approximate surface area is 86.2 Å². The second-order valence-electron chi connectivity index (χ2n) is 3.09. The van der Waals surface area contributed by atoms with Crippen molar-refractivity contribution in [1.29, 1.82) is 0 Å². The topological polar surface area (TPSA) is 55.6 Å². The van der Waals surface area contributed by atoms with Gasteiger partial charge in [0.15, 0.2) is 6.61 Å². The Bertz CT molecular complexity index is 406. The summed E-state index contributed by atoms with van der Waals surface area (Å²) in [6, 6.07) is 3.25. The number of nitrogen functional groups attached to an aromatic ring is 1. The van der Waals surface area contributed by atoms with Gasteiger partial charge >= 0.3 is 0 Å². The van der Waals surface area contributed by atoms with E-state index in [1.54, 1.807) is 19.2 Å². The summed E-state index contributed by atoms with van der Waals surface area (Å²) < 4.78 is 5.21. The summed E-state index contributed by atoms with van der Waals surface area (Å²) >= 11 is 5.95. The van der Waals surface area contributed by atoms with Gasteiger partial charge in [-0.15, -0.1) is 0 Å². The number of benzene rings is 1. The molecule has 14 heavy (non-hydrogen) atoms. The van der Waals surface area contributed by atoms with Crippen LogP contribution in [-0.4, -0.2) is 19.6 Å². The molecule has 1 heterocycles. The van der Waals surface area contributed by atoms with Crippen LogP contribution >= 0.6 is 11.6 Å². The highest BCUT2D eigenvalue weighted by molar-refractivity contribution is 6.34. The molecule has 1 aliphatic rings. The molecule has 0 fully saturated rings. The Kier molecular flexibility index (Phi) is 2.00. The first-order chi connectivity index (χ1) is 6.59. The van der Waals surface area contributed by atoms with Gasteiger partial charge in [0.1, 0.15) is 11.4 Å². The van der Waals surface area contributed by atoms with Crippen molar-refractivity contribution >= 4 is 28.9 Å². The quantitative estimate of drug-likeness (QED) is 0.659. The number of rotatable bonds is 0. The molecule has 0 spiro atoms. The molecule has 0 aromatic heterocycles. The van der Waals surface area contributed by atoms with Crippen LogP contribution in [0.1, 0.15) is 0 Å². The van der Waals surface area contributed by atoms with Gasteiger partial charge in [-0.05, 0) is 6.07 Å². The van der Waals surface area contributed by atoms with Crippen molar-refractivity contribution in [2.75, 3.05) is 24.3 Å². The van der Waals surface area contributed by atoms with Crippen LogP contribution in [0.25, 0.3) is 0 Å². The Morgan fingerprint density at radius 3 is 3.00 bits per heavy atom. The van der Waals surface area contributed by atoms with Crippen molar-refractivity contribution < 1.29 is 9.53 Å². The maximum absolute atomic E-state index is 11.3. The van der Waals surface area contributed by atoms with Gasteiger partial charge in [-0.3, -0.25) is 4.79 Å². The molecule has 0 saturated carbocycles. The van der Waals surface area contributed by atoms with Crippen LogP contribution in [-0.2, 0) is 4.79 Å². The van der Waals surface area contributed by atoms with Gasteiger partial charge in [0.05, 0.1) is 5.02 Å². The number of hydrogen-bond donors (Lipinski definition) is 1. The molecule has 0 radical (unpaired) electrons. The van der Waals surface area contributed by atoms with Gasteiger partial charge in [-0.1, -0.05) is 11.6 Å². The lowest BCUT2D eigenvalue weighted by molar-refractivity contribution is -0.120. The number of halogens is 1. The fourth-order valence-electron chi connectivity index (χ4n) is 1.39. The molecule has 2 N–H and O–H groups in total. The highest BCUT2D eigenvalue weighted by Gasteiger charge is 2.24. The maximum Gasteiger partial charge on any atom is 0.264 e. The second kappa shape index (κ2) is 3.06. The number of amides is 1. The molecule has 0 aliphatic carbocycles. The summed E-state index contributed by atoms with van der Waals surface area (Å²) in [6.45, 7) is 0.0310. The molecule has 1 amide bonds. The number of nitrogens with two attached hydrogens (primary N) is 1. The molecule has 4 nitrogen and oxygen atoms in total. The van der Waals surface area contributed by atoms with Gasteiger partial charge in [0.25, 0.3) is 5.91 Å². The fraction of sp³-hybridized carbons (Fsp3) is 0.222. The van der Waals surface area contributed by atoms with Crippen molar-refractivity contribution in [1.82, 2.24) is 0 Å². The Balaban J connectivity index is 2.60. The lowest BCUT2D eigenvalue weighted by Crippen LogP contribution is -2.35. The number of ether oxygens (including phenoxy) is 1. The lowest BCUT2D eigenvalue weighted by atomic mass is 10.2. The number of anilines is 2. The van der Waals surface area contributed by atoms with Crippen LogP contribution < -0.4 is 15.4 Å². The summed E-state index contributed by atoms with van der Waals surface area (Å²) in [6.07, 6.45) is 0. The zero-order valence-electron chi connectivity index (χ0n) is 7.58. The van der Waals surface area contributed by atoms with E-state index in [-0.39, 0.29) is 12.5 Å². The van der Waals surface area contributed by atoms with Gasteiger partial charge < -0.3 is 15.4 Å². The Hall–Kier alpha value is -1.42. The smallest absolute Gasteiger partial charge is 0.264 e. The molecular weight excluding hydrogens is 204 g/mol. The van der Waals surface area contributed by atoms with Crippen LogP contribution in [0.15, 0.2) is 12.1 Å². The van der Waals surface area contributed by atoms with E-state index in [1.165, 1.54) is 4.90 Å². The van der Waals surface area contributed by atoms with Crippen LogP contribution in [0, 0.1) is 0 Å². The molecule has 2 rings (SSSR count). The summed E-state index contributed by atoms with van der Waals surface area (Å²) in [5.74, 6) is 0.432. The van der Waals surface area contributed by atoms with E-state index >= 15 is 0 Å². The number of hydrogen-bond acceptors (Lipinski definition) is 3. The van der Waals surface area contributed by atoms with Gasteiger partial charge in [-0.25, -0.2) is 0 Å². The maximum atomic E-state index is 11.3.